The van der Waals surface area contributed by atoms with Crippen LogP contribution in [-0.2, 0) is 12.8 Å². The highest BCUT2D eigenvalue weighted by atomic mass is 35.5. The van der Waals surface area contributed by atoms with Crippen molar-refractivity contribution in [3.63, 3.8) is 0 Å². The summed E-state index contributed by atoms with van der Waals surface area (Å²) in [6.45, 7) is 3.82. The average Bonchev–Trinajstić information content (AvgIpc) is 3.37. The minimum absolute atomic E-state index is 0. The lowest BCUT2D eigenvalue weighted by atomic mass is 9.79. The lowest BCUT2D eigenvalue weighted by molar-refractivity contribution is 0.334. The second-order valence-corrected chi connectivity index (χ2v) is 9.09. The molecule has 2 aliphatic rings. The molecule has 5 rings (SSSR count). The van der Waals surface area contributed by atoms with Gasteiger partial charge in [0, 0.05) is 0 Å². The van der Waals surface area contributed by atoms with Crippen molar-refractivity contribution in [1.82, 2.24) is 4.90 Å². The minimum Gasteiger partial charge on any atom is -0.497 e. The SMILES string of the molecule is COc1ccc2c(c1)CCC(c1ccccc1)=C2c1ccc(CCCN2CCCC2)cc1.Cl. The van der Waals surface area contributed by atoms with Crippen LogP contribution in [0, 0.1) is 0 Å². The molecule has 33 heavy (non-hydrogen) atoms. The van der Waals surface area contributed by atoms with E-state index in [4.69, 9.17) is 4.74 Å². The molecule has 3 heteroatoms. The highest BCUT2D eigenvalue weighted by Gasteiger charge is 2.22. The molecule has 0 amide bonds. The van der Waals surface area contributed by atoms with Crippen LogP contribution in [0.4, 0.5) is 0 Å². The summed E-state index contributed by atoms with van der Waals surface area (Å²) in [5, 5.41) is 0. The Morgan fingerprint density at radius 1 is 0.818 bits per heavy atom. The number of nitrogens with zero attached hydrogens (tertiary/aromatic N) is 1. The van der Waals surface area contributed by atoms with Gasteiger partial charge in [0.2, 0.25) is 0 Å². The fraction of sp³-hybridized carbons (Fsp3) is 0.333. The summed E-state index contributed by atoms with van der Waals surface area (Å²) >= 11 is 0. The topological polar surface area (TPSA) is 12.5 Å². The second-order valence-electron chi connectivity index (χ2n) is 9.09. The monoisotopic (exact) mass is 459 g/mol. The first-order valence-corrected chi connectivity index (χ1v) is 12.1. The maximum absolute atomic E-state index is 5.50. The summed E-state index contributed by atoms with van der Waals surface area (Å²) in [6.07, 6.45) is 7.27. The zero-order valence-electron chi connectivity index (χ0n) is 19.6. The molecule has 172 valence electrons. The Morgan fingerprint density at radius 3 is 2.30 bits per heavy atom. The van der Waals surface area contributed by atoms with Crippen molar-refractivity contribution in [2.75, 3.05) is 26.7 Å². The van der Waals surface area contributed by atoms with Gasteiger partial charge in [0.1, 0.15) is 5.75 Å². The number of benzene rings is 3. The highest BCUT2D eigenvalue weighted by molar-refractivity contribution is 6.00. The van der Waals surface area contributed by atoms with Gasteiger partial charge < -0.3 is 9.64 Å². The molecule has 1 fully saturated rings. The van der Waals surface area contributed by atoms with Crippen LogP contribution in [0.3, 0.4) is 0 Å². The Bertz CT molecular complexity index is 1080. The number of hydrogen-bond acceptors (Lipinski definition) is 2. The van der Waals surface area contributed by atoms with E-state index in [9.17, 15) is 0 Å². The molecule has 1 saturated heterocycles. The number of fused-ring (bicyclic) bond motifs is 1. The molecule has 0 N–H and O–H groups in total. The van der Waals surface area contributed by atoms with Crippen molar-refractivity contribution >= 4 is 23.6 Å². The van der Waals surface area contributed by atoms with Crippen molar-refractivity contribution in [3.05, 3.63) is 101 Å². The molecule has 1 heterocycles. The van der Waals surface area contributed by atoms with Gasteiger partial charge in [-0.1, -0.05) is 60.7 Å². The number of rotatable bonds is 7. The van der Waals surface area contributed by atoms with Crippen LogP contribution in [0.15, 0.2) is 72.8 Å². The third kappa shape index (κ3) is 5.34. The zero-order valence-corrected chi connectivity index (χ0v) is 20.4. The lowest BCUT2D eigenvalue weighted by Crippen LogP contribution is -2.20. The maximum Gasteiger partial charge on any atom is 0.119 e. The van der Waals surface area contributed by atoms with Crippen LogP contribution in [0.25, 0.3) is 11.1 Å². The molecule has 0 atom stereocenters. The van der Waals surface area contributed by atoms with Crippen LogP contribution in [0.1, 0.15) is 53.5 Å². The summed E-state index contributed by atoms with van der Waals surface area (Å²) in [5.41, 5.74) is 9.65. The number of allylic oxidation sites excluding steroid dienone is 1. The number of likely N-dealkylation sites (tertiary alicyclic amines) is 1. The molecule has 1 aliphatic carbocycles. The molecule has 3 aromatic rings. The van der Waals surface area contributed by atoms with Gasteiger partial charge in [-0.15, -0.1) is 12.4 Å². The third-order valence-electron chi connectivity index (χ3n) is 7.03. The predicted molar refractivity (Wildman–Crippen MR) is 141 cm³/mol. The molecular formula is C30H34ClNO. The van der Waals surface area contributed by atoms with Gasteiger partial charge in [-0.3, -0.25) is 0 Å². The molecule has 0 saturated carbocycles. The molecule has 0 spiro atoms. The van der Waals surface area contributed by atoms with Crippen molar-refractivity contribution in [2.24, 2.45) is 0 Å². The second kappa shape index (κ2) is 11.0. The molecule has 0 radical (unpaired) electrons. The van der Waals surface area contributed by atoms with E-state index in [0.717, 1.165) is 25.0 Å². The van der Waals surface area contributed by atoms with Gasteiger partial charge in [-0.2, -0.15) is 0 Å². The molecular weight excluding hydrogens is 426 g/mol. The maximum atomic E-state index is 5.50. The smallest absolute Gasteiger partial charge is 0.119 e. The van der Waals surface area contributed by atoms with Crippen LogP contribution in [0.2, 0.25) is 0 Å². The normalized spacial score (nSPS) is 15.8. The first kappa shape index (κ1) is 23.6. The Kier molecular flexibility index (Phi) is 7.90. The standard InChI is InChI=1S/C30H33NO.ClH/c1-32-27-16-18-29-26(22-27)15-17-28(24-9-3-2-4-10-24)30(29)25-13-11-23(12-14-25)8-7-21-31-19-5-6-20-31;/h2-4,9-14,16,18,22H,5-8,15,17,19-21H2,1H3;1H. The van der Waals surface area contributed by atoms with E-state index in [0.29, 0.717) is 0 Å². The first-order chi connectivity index (χ1) is 15.8. The quantitative estimate of drug-likeness (QED) is 0.375. The fourth-order valence-electron chi connectivity index (χ4n) is 5.30. The fourth-order valence-corrected chi connectivity index (χ4v) is 5.30. The van der Waals surface area contributed by atoms with Crippen molar-refractivity contribution in [3.8, 4) is 5.75 Å². The van der Waals surface area contributed by atoms with E-state index in [2.05, 4.69) is 77.7 Å². The summed E-state index contributed by atoms with van der Waals surface area (Å²) in [7, 11) is 1.75. The Morgan fingerprint density at radius 2 is 1.58 bits per heavy atom. The Hall–Kier alpha value is -2.55. The van der Waals surface area contributed by atoms with E-state index in [1.807, 2.05) is 0 Å². The van der Waals surface area contributed by atoms with Crippen LogP contribution in [-0.4, -0.2) is 31.6 Å². The summed E-state index contributed by atoms with van der Waals surface area (Å²) in [6, 6.07) is 26.8. The van der Waals surface area contributed by atoms with E-state index in [1.54, 1.807) is 7.11 Å². The average molecular weight is 460 g/mol. The number of hydrogen-bond donors (Lipinski definition) is 0. The summed E-state index contributed by atoms with van der Waals surface area (Å²) in [5.74, 6) is 0.944. The minimum atomic E-state index is 0. The zero-order chi connectivity index (χ0) is 21.8. The van der Waals surface area contributed by atoms with Gasteiger partial charge >= 0.3 is 0 Å². The summed E-state index contributed by atoms with van der Waals surface area (Å²) in [4.78, 5) is 2.61. The van der Waals surface area contributed by atoms with E-state index in [-0.39, 0.29) is 12.4 Å². The van der Waals surface area contributed by atoms with E-state index >= 15 is 0 Å². The summed E-state index contributed by atoms with van der Waals surface area (Å²) < 4.78 is 5.50. The van der Waals surface area contributed by atoms with Crippen molar-refractivity contribution < 1.29 is 4.74 Å². The first-order valence-electron chi connectivity index (χ1n) is 12.1. The third-order valence-corrected chi connectivity index (χ3v) is 7.03. The molecule has 1 aliphatic heterocycles. The van der Waals surface area contributed by atoms with Crippen LogP contribution in [0.5, 0.6) is 5.75 Å². The molecule has 0 aromatic heterocycles. The number of aryl methyl sites for hydroxylation is 2. The molecule has 0 bridgehead atoms. The molecule has 3 aromatic carbocycles. The van der Waals surface area contributed by atoms with Crippen molar-refractivity contribution in [1.29, 1.82) is 0 Å². The number of methoxy groups -OCH3 is 1. The van der Waals surface area contributed by atoms with Gasteiger partial charge in [0.15, 0.2) is 0 Å². The lowest BCUT2D eigenvalue weighted by Gasteiger charge is -2.25. The molecule has 0 unspecified atom stereocenters. The van der Waals surface area contributed by atoms with E-state index < -0.39 is 0 Å². The van der Waals surface area contributed by atoms with Crippen molar-refractivity contribution in [2.45, 2.75) is 38.5 Å². The van der Waals surface area contributed by atoms with Crippen LogP contribution >= 0.6 is 12.4 Å². The van der Waals surface area contributed by atoms with E-state index in [1.165, 1.54) is 77.9 Å². The largest absolute Gasteiger partial charge is 0.497 e. The Balaban J connectivity index is 0.00000259. The van der Waals surface area contributed by atoms with Gasteiger partial charge in [0.25, 0.3) is 0 Å². The van der Waals surface area contributed by atoms with Gasteiger partial charge in [-0.05, 0) is 109 Å². The number of halogens is 1. The van der Waals surface area contributed by atoms with Gasteiger partial charge in [0.05, 0.1) is 7.11 Å². The highest BCUT2D eigenvalue weighted by Crippen LogP contribution is 2.41. The predicted octanol–water partition coefficient (Wildman–Crippen LogP) is 7.05. The molecule has 2 nitrogen and oxygen atoms in total. The Labute approximate surface area is 204 Å². The number of ether oxygens (including phenoxy) is 1. The van der Waals surface area contributed by atoms with Gasteiger partial charge in [-0.25, -0.2) is 0 Å². The van der Waals surface area contributed by atoms with Crippen LogP contribution < -0.4 is 4.74 Å².